The van der Waals surface area contributed by atoms with Crippen molar-refractivity contribution < 1.29 is 18.3 Å². The van der Waals surface area contributed by atoms with Gasteiger partial charge in [-0.25, -0.2) is 8.42 Å². The van der Waals surface area contributed by atoms with Crippen LogP contribution in [0.4, 0.5) is 0 Å². The smallest absolute Gasteiger partial charge is 0.323 e. The van der Waals surface area contributed by atoms with Crippen molar-refractivity contribution in [1.29, 1.82) is 0 Å². The molecule has 110 valence electrons. The number of nitrogens with zero attached hydrogens (tertiary/aromatic N) is 1. The van der Waals surface area contributed by atoms with E-state index in [1.807, 2.05) is 0 Å². The number of aryl methyl sites for hydroxylation is 1. The highest BCUT2D eigenvalue weighted by molar-refractivity contribution is 7.89. The van der Waals surface area contributed by atoms with E-state index in [0.717, 1.165) is 0 Å². The molecular weight excluding hydrogens is 280 g/mol. The third kappa shape index (κ3) is 2.56. The molecule has 0 bridgehead atoms. The molecule has 1 aromatic rings. The monoisotopic (exact) mass is 298 g/mol. The van der Waals surface area contributed by atoms with Crippen molar-refractivity contribution in [2.45, 2.75) is 30.2 Å². The van der Waals surface area contributed by atoms with Crippen LogP contribution in [-0.2, 0) is 14.8 Å². The van der Waals surface area contributed by atoms with Crippen LogP contribution in [0, 0.1) is 6.92 Å². The summed E-state index contributed by atoms with van der Waals surface area (Å²) < 4.78 is 26.4. The fourth-order valence-electron chi connectivity index (χ4n) is 2.32. The molecule has 0 unspecified atom stereocenters. The molecule has 1 aliphatic rings. The molecular formula is C13H18N2O4S. The first-order valence-electron chi connectivity index (χ1n) is 6.35. The van der Waals surface area contributed by atoms with Crippen molar-refractivity contribution in [2.75, 3.05) is 13.1 Å². The summed E-state index contributed by atoms with van der Waals surface area (Å²) in [6, 6.07) is 6.75. The van der Waals surface area contributed by atoms with E-state index >= 15 is 0 Å². The molecule has 0 spiro atoms. The van der Waals surface area contributed by atoms with Crippen molar-refractivity contribution >= 4 is 16.0 Å². The van der Waals surface area contributed by atoms with Crippen LogP contribution in [0.25, 0.3) is 0 Å². The fourth-order valence-corrected chi connectivity index (χ4v) is 3.99. The molecule has 1 heterocycles. The van der Waals surface area contributed by atoms with Crippen LogP contribution in [0.3, 0.4) is 0 Å². The minimum atomic E-state index is -3.58. The number of hydrogen-bond donors (Lipinski definition) is 2. The van der Waals surface area contributed by atoms with E-state index in [2.05, 4.69) is 0 Å². The molecule has 7 heteroatoms. The third-order valence-corrected chi connectivity index (χ3v) is 5.81. The maximum absolute atomic E-state index is 12.5. The number of hydrogen-bond acceptors (Lipinski definition) is 4. The number of rotatable bonds is 3. The maximum Gasteiger partial charge on any atom is 0.323 e. The van der Waals surface area contributed by atoms with Gasteiger partial charge in [0.2, 0.25) is 10.0 Å². The largest absolute Gasteiger partial charge is 0.480 e. The van der Waals surface area contributed by atoms with E-state index in [1.54, 1.807) is 31.2 Å². The van der Waals surface area contributed by atoms with Gasteiger partial charge in [-0.1, -0.05) is 18.2 Å². The van der Waals surface area contributed by atoms with Crippen LogP contribution in [-0.4, -0.2) is 42.4 Å². The molecule has 0 aromatic heterocycles. The maximum atomic E-state index is 12.5. The molecule has 1 aliphatic heterocycles. The molecule has 3 N–H and O–H groups in total. The van der Waals surface area contributed by atoms with Crippen molar-refractivity contribution in [3.05, 3.63) is 29.8 Å². The number of nitrogens with two attached hydrogens (primary N) is 1. The summed E-state index contributed by atoms with van der Waals surface area (Å²) >= 11 is 0. The Balaban J connectivity index is 2.22. The zero-order valence-corrected chi connectivity index (χ0v) is 12.1. The Morgan fingerprint density at radius 1 is 1.30 bits per heavy atom. The fraction of sp³-hybridized carbons (Fsp3) is 0.462. The van der Waals surface area contributed by atoms with E-state index in [-0.39, 0.29) is 30.8 Å². The number of carbonyl (C=O) groups is 1. The number of sulfonamides is 1. The van der Waals surface area contributed by atoms with Gasteiger partial charge in [0.15, 0.2) is 0 Å². The van der Waals surface area contributed by atoms with Crippen LogP contribution in [0.5, 0.6) is 0 Å². The lowest BCUT2D eigenvalue weighted by molar-refractivity contribution is -0.144. The van der Waals surface area contributed by atoms with Gasteiger partial charge in [0, 0.05) is 13.1 Å². The Kier molecular flexibility index (Phi) is 3.86. The van der Waals surface area contributed by atoms with Crippen LogP contribution in [0.2, 0.25) is 0 Å². The molecule has 0 aliphatic carbocycles. The number of carboxylic acid groups (broad SMARTS) is 1. The van der Waals surface area contributed by atoms with Crippen molar-refractivity contribution in [1.82, 2.24) is 4.31 Å². The van der Waals surface area contributed by atoms with Crippen LogP contribution in [0.1, 0.15) is 18.4 Å². The standard InChI is InChI=1S/C13H18N2O4S/c1-10-4-2-3-5-11(10)20(18,19)15-8-6-13(14,7-9-15)12(16)17/h2-5H,6-9,14H2,1H3,(H,16,17). The number of piperidine rings is 1. The highest BCUT2D eigenvalue weighted by Crippen LogP contribution is 2.26. The van der Waals surface area contributed by atoms with Gasteiger partial charge < -0.3 is 10.8 Å². The molecule has 6 nitrogen and oxygen atoms in total. The van der Waals surface area contributed by atoms with Crippen molar-refractivity contribution in [3.63, 3.8) is 0 Å². The van der Waals surface area contributed by atoms with Gasteiger partial charge in [-0.05, 0) is 31.4 Å². The number of aliphatic carboxylic acids is 1. The molecule has 1 saturated heterocycles. The summed E-state index contributed by atoms with van der Waals surface area (Å²) in [4.78, 5) is 11.3. The third-order valence-electron chi connectivity index (χ3n) is 3.75. The molecule has 1 aromatic carbocycles. The van der Waals surface area contributed by atoms with Gasteiger partial charge in [0.25, 0.3) is 0 Å². The van der Waals surface area contributed by atoms with Gasteiger partial charge in [-0.3, -0.25) is 4.79 Å². The van der Waals surface area contributed by atoms with Crippen LogP contribution < -0.4 is 5.73 Å². The molecule has 0 amide bonds. The second kappa shape index (κ2) is 5.16. The summed E-state index contributed by atoms with van der Waals surface area (Å²) in [6.07, 6.45) is 0.237. The lowest BCUT2D eigenvalue weighted by Crippen LogP contribution is -2.56. The Morgan fingerprint density at radius 3 is 2.35 bits per heavy atom. The molecule has 0 radical (unpaired) electrons. The molecule has 1 fully saturated rings. The average molecular weight is 298 g/mol. The first-order chi connectivity index (χ1) is 9.27. The van der Waals surface area contributed by atoms with E-state index in [4.69, 9.17) is 10.8 Å². The lowest BCUT2D eigenvalue weighted by atomic mass is 9.90. The van der Waals surface area contributed by atoms with Gasteiger partial charge >= 0.3 is 5.97 Å². The molecule has 20 heavy (non-hydrogen) atoms. The molecule has 0 saturated carbocycles. The SMILES string of the molecule is Cc1ccccc1S(=O)(=O)N1CCC(N)(C(=O)O)CC1. The van der Waals surface area contributed by atoms with Gasteiger partial charge in [-0.15, -0.1) is 0 Å². The Labute approximate surface area is 118 Å². The second-order valence-electron chi connectivity index (χ2n) is 5.13. The Hall–Kier alpha value is -1.44. The lowest BCUT2D eigenvalue weighted by Gasteiger charge is -2.35. The van der Waals surface area contributed by atoms with E-state index in [1.165, 1.54) is 4.31 Å². The van der Waals surface area contributed by atoms with Crippen LogP contribution in [0.15, 0.2) is 29.2 Å². The number of carboxylic acids is 1. The Morgan fingerprint density at radius 2 is 1.85 bits per heavy atom. The topological polar surface area (TPSA) is 101 Å². The van der Waals surface area contributed by atoms with E-state index in [0.29, 0.717) is 5.56 Å². The minimum absolute atomic E-state index is 0.118. The number of benzene rings is 1. The van der Waals surface area contributed by atoms with Gasteiger partial charge in [0.1, 0.15) is 5.54 Å². The first-order valence-corrected chi connectivity index (χ1v) is 7.79. The zero-order chi connectivity index (χ0) is 15.0. The molecule has 2 rings (SSSR count). The van der Waals surface area contributed by atoms with Crippen molar-refractivity contribution in [2.24, 2.45) is 5.73 Å². The summed E-state index contributed by atoms with van der Waals surface area (Å²) in [5.74, 6) is -1.08. The zero-order valence-electron chi connectivity index (χ0n) is 11.2. The summed E-state index contributed by atoms with van der Waals surface area (Å²) in [6.45, 7) is 1.99. The highest BCUT2D eigenvalue weighted by atomic mass is 32.2. The van der Waals surface area contributed by atoms with E-state index < -0.39 is 21.5 Å². The summed E-state index contributed by atoms with van der Waals surface area (Å²) in [7, 11) is -3.58. The Bertz CT molecular complexity index is 619. The predicted molar refractivity (Wildman–Crippen MR) is 73.7 cm³/mol. The first kappa shape index (κ1) is 15.0. The molecule has 0 atom stereocenters. The van der Waals surface area contributed by atoms with Crippen molar-refractivity contribution in [3.8, 4) is 0 Å². The second-order valence-corrected chi connectivity index (χ2v) is 7.04. The van der Waals surface area contributed by atoms with Gasteiger partial charge in [0.05, 0.1) is 4.90 Å². The average Bonchev–Trinajstić information content (AvgIpc) is 2.39. The van der Waals surface area contributed by atoms with E-state index in [9.17, 15) is 13.2 Å². The highest BCUT2D eigenvalue weighted by Gasteiger charge is 2.41. The summed E-state index contributed by atoms with van der Waals surface area (Å²) in [5, 5.41) is 9.05. The normalized spacial score (nSPS) is 19.7. The predicted octanol–water partition coefficient (Wildman–Crippen LogP) is 0.562. The van der Waals surface area contributed by atoms with Gasteiger partial charge in [-0.2, -0.15) is 4.31 Å². The minimum Gasteiger partial charge on any atom is -0.480 e. The summed E-state index contributed by atoms with van der Waals surface area (Å²) in [5.41, 5.74) is 5.11. The quantitative estimate of drug-likeness (QED) is 0.849. The van der Waals surface area contributed by atoms with Crippen LogP contribution >= 0.6 is 0 Å².